The van der Waals surface area contributed by atoms with Crippen molar-refractivity contribution in [3.63, 3.8) is 0 Å². The Balaban J connectivity index is 2.36. The van der Waals surface area contributed by atoms with Gasteiger partial charge in [0.05, 0.1) is 5.56 Å². The summed E-state index contributed by atoms with van der Waals surface area (Å²) in [6.07, 6.45) is -1.75. The first-order chi connectivity index (χ1) is 8.86. The average molecular weight is 308 g/mol. The first-order valence-electron chi connectivity index (χ1n) is 4.97. The topological polar surface area (TPSA) is 37.8 Å². The highest BCUT2D eigenvalue weighted by Crippen LogP contribution is 2.34. The number of halogens is 5. The number of anilines is 2. The van der Waals surface area contributed by atoms with Gasteiger partial charge in [-0.25, -0.2) is 9.97 Å². The molecule has 1 aromatic heterocycles. The summed E-state index contributed by atoms with van der Waals surface area (Å²) in [5.41, 5.74) is -0.732. The molecule has 2 rings (SSSR count). The summed E-state index contributed by atoms with van der Waals surface area (Å²) in [5, 5.41) is 2.64. The van der Waals surface area contributed by atoms with Gasteiger partial charge in [-0.3, -0.25) is 0 Å². The fourth-order valence-electron chi connectivity index (χ4n) is 1.37. The zero-order chi connectivity index (χ0) is 14.0. The standard InChI is InChI=1S/C11H6Cl2F3N3/c12-7-3-6(11(14,15)16)4-8(5-7)19-10-9(13)17-1-2-18-10/h1-5H,(H,18,19). The van der Waals surface area contributed by atoms with Crippen molar-refractivity contribution < 1.29 is 13.2 Å². The zero-order valence-electron chi connectivity index (χ0n) is 9.17. The molecule has 0 saturated heterocycles. The molecule has 0 saturated carbocycles. The molecule has 19 heavy (non-hydrogen) atoms. The molecular formula is C11H6Cl2F3N3. The molecule has 0 aliphatic heterocycles. The van der Waals surface area contributed by atoms with Gasteiger partial charge >= 0.3 is 6.18 Å². The van der Waals surface area contributed by atoms with Crippen molar-refractivity contribution in [2.75, 3.05) is 5.32 Å². The molecule has 2 aromatic rings. The van der Waals surface area contributed by atoms with E-state index in [9.17, 15) is 13.2 Å². The molecule has 0 aliphatic rings. The van der Waals surface area contributed by atoms with Crippen LogP contribution in [0.3, 0.4) is 0 Å². The van der Waals surface area contributed by atoms with Gasteiger partial charge in [-0.15, -0.1) is 0 Å². The normalized spacial score (nSPS) is 11.4. The van der Waals surface area contributed by atoms with Gasteiger partial charge in [-0.05, 0) is 18.2 Å². The number of nitrogens with zero attached hydrogens (tertiary/aromatic N) is 2. The van der Waals surface area contributed by atoms with Crippen molar-refractivity contribution in [2.24, 2.45) is 0 Å². The maximum Gasteiger partial charge on any atom is 0.416 e. The van der Waals surface area contributed by atoms with E-state index < -0.39 is 11.7 Å². The van der Waals surface area contributed by atoms with Crippen LogP contribution in [-0.2, 0) is 6.18 Å². The summed E-state index contributed by atoms with van der Waals surface area (Å²) < 4.78 is 37.9. The number of alkyl halides is 3. The van der Waals surface area contributed by atoms with Crippen LogP contribution in [0.25, 0.3) is 0 Å². The minimum absolute atomic E-state index is 0.0441. The van der Waals surface area contributed by atoms with E-state index in [1.807, 2.05) is 0 Å². The van der Waals surface area contributed by atoms with Crippen LogP contribution in [0, 0.1) is 0 Å². The molecule has 0 radical (unpaired) electrons. The highest BCUT2D eigenvalue weighted by Gasteiger charge is 2.31. The number of benzene rings is 1. The summed E-state index contributed by atoms with van der Waals surface area (Å²) in [6, 6.07) is 3.09. The fourth-order valence-corrected chi connectivity index (χ4v) is 1.75. The van der Waals surface area contributed by atoms with Crippen LogP contribution in [0.4, 0.5) is 24.7 Å². The van der Waals surface area contributed by atoms with Crippen molar-refractivity contribution >= 4 is 34.7 Å². The highest BCUT2D eigenvalue weighted by atomic mass is 35.5. The lowest BCUT2D eigenvalue weighted by Gasteiger charge is -2.11. The van der Waals surface area contributed by atoms with E-state index in [1.54, 1.807) is 0 Å². The maximum atomic E-state index is 12.6. The molecule has 1 N–H and O–H groups in total. The Morgan fingerprint density at radius 1 is 1.00 bits per heavy atom. The third-order valence-corrected chi connectivity index (χ3v) is 2.64. The van der Waals surface area contributed by atoms with Crippen molar-refractivity contribution in [2.45, 2.75) is 6.18 Å². The van der Waals surface area contributed by atoms with E-state index in [0.717, 1.165) is 12.1 Å². The monoisotopic (exact) mass is 307 g/mol. The Hall–Kier alpha value is -1.53. The maximum absolute atomic E-state index is 12.6. The molecular weight excluding hydrogens is 302 g/mol. The van der Waals surface area contributed by atoms with E-state index in [4.69, 9.17) is 23.2 Å². The van der Waals surface area contributed by atoms with Gasteiger partial charge in [0.1, 0.15) is 0 Å². The van der Waals surface area contributed by atoms with Crippen LogP contribution in [-0.4, -0.2) is 9.97 Å². The lowest BCUT2D eigenvalue weighted by atomic mass is 10.2. The minimum atomic E-state index is -4.48. The Kier molecular flexibility index (Phi) is 3.82. The molecule has 0 aliphatic carbocycles. The number of rotatable bonds is 2. The molecule has 8 heteroatoms. The molecule has 0 spiro atoms. The van der Waals surface area contributed by atoms with E-state index in [-0.39, 0.29) is 21.7 Å². The van der Waals surface area contributed by atoms with Crippen LogP contribution in [0.15, 0.2) is 30.6 Å². The van der Waals surface area contributed by atoms with E-state index in [1.165, 1.54) is 18.5 Å². The van der Waals surface area contributed by atoms with Crippen molar-refractivity contribution in [3.05, 3.63) is 46.3 Å². The summed E-state index contributed by atoms with van der Waals surface area (Å²) in [6.45, 7) is 0. The van der Waals surface area contributed by atoms with Crippen molar-refractivity contribution in [3.8, 4) is 0 Å². The second kappa shape index (κ2) is 5.22. The van der Waals surface area contributed by atoms with Crippen LogP contribution in [0.5, 0.6) is 0 Å². The van der Waals surface area contributed by atoms with Gasteiger partial charge in [0.25, 0.3) is 0 Å². The van der Waals surface area contributed by atoms with E-state index in [2.05, 4.69) is 15.3 Å². The lowest BCUT2D eigenvalue weighted by molar-refractivity contribution is -0.137. The summed E-state index contributed by atoms with van der Waals surface area (Å²) in [7, 11) is 0. The Morgan fingerprint density at radius 2 is 1.68 bits per heavy atom. The molecule has 1 heterocycles. The minimum Gasteiger partial charge on any atom is -0.338 e. The predicted molar refractivity (Wildman–Crippen MR) is 66.8 cm³/mol. The van der Waals surface area contributed by atoms with Gasteiger partial charge in [0.15, 0.2) is 11.0 Å². The Labute approximate surface area is 116 Å². The molecule has 3 nitrogen and oxygen atoms in total. The third-order valence-electron chi connectivity index (χ3n) is 2.14. The second-order valence-electron chi connectivity index (χ2n) is 3.55. The van der Waals surface area contributed by atoms with Crippen LogP contribution < -0.4 is 5.32 Å². The number of hydrogen-bond acceptors (Lipinski definition) is 3. The molecule has 0 amide bonds. The van der Waals surface area contributed by atoms with Gasteiger partial charge in [0.2, 0.25) is 0 Å². The largest absolute Gasteiger partial charge is 0.416 e. The number of aromatic nitrogens is 2. The molecule has 0 unspecified atom stereocenters. The highest BCUT2D eigenvalue weighted by molar-refractivity contribution is 6.32. The molecule has 1 aromatic carbocycles. The summed E-state index contributed by atoms with van der Waals surface area (Å²) in [4.78, 5) is 7.62. The number of nitrogens with one attached hydrogen (secondary N) is 1. The van der Waals surface area contributed by atoms with Gasteiger partial charge in [-0.2, -0.15) is 13.2 Å². The number of hydrogen-bond donors (Lipinski definition) is 1. The van der Waals surface area contributed by atoms with E-state index in [0.29, 0.717) is 0 Å². The quantitative estimate of drug-likeness (QED) is 0.884. The fraction of sp³-hybridized carbons (Fsp3) is 0.0909. The average Bonchev–Trinajstić information content (AvgIpc) is 2.30. The molecule has 0 fully saturated rings. The van der Waals surface area contributed by atoms with Gasteiger partial charge < -0.3 is 5.32 Å². The first kappa shape index (κ1) is 13.9. The Morgan fingerprint density at radius 3 is 2.32 bits per heavy atom. The van der Waals surface area contributed by atoms with Crippen molar-refractivity contribution in [1.29, 1.82) is 0 Å². The van der Waals surface area contributed by atoms with Gasteiger partial charge in [0, 0.05) is 23.1 Å². The SMILES string of the molecule is FC(F)(F)c1cc(Cl)cc(Nc2nccnc2Cl)c1. The lowest BCUT2D eigenvalue weighted by Crippen LogP contribution is -2.06. The van der Waals surface area contributed by atoms with Crippen LogP contribution >= 0.6 is 23.2 Å². The van der Waals surface area contributed by atoms with Crippen LogP contribution in [0.1, 0.15) is 5.56 Å². The summed E-state index contributed by atoms with van der Waals surface area (Å²) in [5.74, 6) is 0.152. The first-order valence-corrected chi connectivity index (χ1v) is 5.73. The predicted octanol–water partition coefficient (Wildman–Crippen LogP) is 4.55. The Bertz CT molecular complexity index is 602. The van der Waals surface area contributed by atoms with Gasteiger partial charge in [-0.1, -0.05) is 23.2 Å². The molecule has 0 bridgehead atoms. The molecule has 0 atom stereocenters. The molecule has 100 valence electrons. The van der Waals surface area contributed by atoms with E-state index >= 15 is 0 Å². The smallest absolute Gasteiger partial charge is 0.338 e. The zero-order valence-corrected chi connectivity index (χ0v) is 10.7. The van der Waals surface area contributed by atoms with Crippen LogP contribution in [0.2, 0.25) is 10.2 Å². The summed E-state index contributed by atoms with van der Waals surface area (Å²) >= 11 is 11.4. The second-order valence-corrected chi connectivity index (χ2v) is 4.34. The van der Waals surface area contributed by atoms with Crippen molar-refractivity contribution in [1.82, 2.24) is 9.97 Å². The third kappa shape index (κ3) is 3.48.